The standard InChI is InChI=1S/C28H36N2O5S.C2HF3O2/c29-26(31)22-9-3-4-10-23(22)34-17-6-14-30-15-12-20(13-16-30)24(19-30)35-27(32)28(33,21-7-1-2-8-21)25-11-5-18-36-25;3-2(4,5)1(6)7/h3-5,9-11,18,20-21,24,33H,1-2,6-8,12-17,19H2,(H-,29,31);(H,6,7)/t20?,24-,28+,30?;/m0./s1. The number of nitrogens with zero attached hydrogens (tertiary/aromatic N) is 1. The molecule has 0 radical (unpaired) electrons. The van der Waals surface area contributed by atoms with Crippen molar-refractivity contribution < 1.29 is 51.7 Å². The summed E-state index contributed by atoms with van der Waals surface area (Å²) in [5.41, 5.74) is 4.32. The number of carbonyl (C=O) groups excluding carboxylic acids is 3. The van der Waals surface area contributed by atoms with Crippen LogP contribution in [0.1, 0.15) is 60.2 Å². The minimum Gasteiger partial charge on any atom is -0.542 e. The molecular weight excluding hydrogens is 589 g/mol. The molecule has 1 saturated carbocycles. The topological polar surface area (TPSA) is 139 Å². The summed E-state index contributed by atoms with van der Waals surface area (Å²) >= 11 is 1.44. The number of hydrogen-bond acceptors (Lipinski definition) is 8. The number of benzene rings is 1. The first-order chi connectivity index (χ1) is 20.4. The summed E-state index contributed by atoms with van der Waals surface area (Å²) in [4.78, 5) is 34.7. The predicted molar refractivity (Wildman–Crippen MR) is 149 cm³/mol. The first-order valence-electron chi connectivity index (χ1n) is 14.5. The van der Waals surface area contributed by atoms with Gasteiger partial charge in [0.05, 0.1) is 31.8 Å². The van der Waals surface area contributed by atoms with Crippen LogP contribution in [0.25, 0.3) is 0 Å². The Morgan fingerprint density at radius 3 is 2.28 bits per heavy atom. The Bertz CT molecular complexity index is 1260. The predicted octanol–water partition coefficient (Wildman–Crippen LogP) is 3.14. The molecular formula is C30H37F3N2O7S. The summed E-state index contributed by atoms with van der Waals surface area (Å²) in [6, 6.07) is 10.8. The molecule has 6 rings (SSSR count). The number of rotatable bonds is 10. The van der Waals surface area contributed by atoms with Crippen LogP contribution in [0.4, 0.5) is 13.2 Å². The first kappa shape index (κ1) is 32.7. The molecule has 13 heteroatoms. The van der Waals surface area contributed by atoms with Crippen LogP contribution in [-0.2, 0) is 19.9 Å². The Morgan fingerprint density at radius 1 is 1.05 bits per heavy atom. The first-order valence-corrected chi connectivity index (χ1v) is 15.4. The van der Waals surface area contributed by atoms with E-state index in [1.807, 2.05) is 23.6 Å². The van der Waals surface area contributed by atoms with Gasteiger partial charge in [0.1, 0.15) is 18.3 Å². The fourth-order valence-electron chi connectivity index (χ4n) is 6.58. The van der Waals surface area contributed by atoms with Crippen LogP contribution in [0, 0.1) is 11.8 Å². The van der Waals surface area contributed by atoms with E-state index < -0.39 is 29.6 Å². The van der Waals surface area contributed by atoms with Crippen molar-refractivity contribution in [2.75, 3.05) is 32.8 Å². The number of primary amides is 1. The van der Waals surface area contributed by atoms with E-state index >= 15 is 0 Å². The molecule has 9 nitrogen and oxygen atoms in total. The maximum Gasteiger partial charge on any atom is 0.430 e. The number of aliphatic carboxylic acids is 1. The highest BCUT2D eigenvalue weighted by Crippen LogP contribution is 2.44. The van der Waals surface area contributed by atoms with Crippen molar-refractivity contribution in [3.05, 3.63) is 52.2 Å². The molecule has 43 heavy (non-hydrogen) atoms. The number of nitrogens with two attached hydrogens (primary N) is 1. The van der Waals surface area contributed by atoms with Gasteiger partial charge < -0.3 is 34.7 Å². The molecule has 3 saturated heterocycles. The zero-order chi connectivity index (χ0) is 31.3. The summed E-state index contributed by atoms with van der Waals surface area (Å²) in [7, 11) is 0. The number of fused-ring (bicyclic) bond motifs is 3. The van der Waals surface area contributed by atoms with Gasteiger partial charge in [-0.05, 0) is 36.4 Å². The number of ether oxygens (including phenoxy) is 2. The van der Waals surface area contributed by atoms with Crippen LogP contribution in [0.3, 0.4) is 0 Å². The van der Waals surface area contributed by atoms with Gasteiger partial charge in [-0.3, -0.25) is 4.79 Å². The lowest BCUT2D eigenvalue weighted by Crippen LogP contribution is -2.65. The maximum absolute atomic E-state index is 13.6. The summed E-state index contributed by atoms with van der Waals surface area (Å²) in [5.74, 6) is -3.14. The van der Waals surface area contributed by atoms with Crippen LogP contribution < -0.4 is 15.6 Å². The van der Waals surface area contributed by atoms with Gasteiger partial charge in [-0.25, -0.2) is 4.79 Å². The second-order valence-corrected chi connectivity index (χ2v) is 12.5. The number of esters is 1. The van der Waals surface area contributed by atoms with Gasteiger partial charge in [0.15, 0.2) is 11.7 Å². The van der Waals surface area contributed by atoms with Crippen molar-refractivity contribution in [3.63, 3.8) is 0 Å². The van der Waals surface area contributed by atoms with Crippen LogP contribution in [-0.4, -0.2) is 72.5 Å². The van der Waals surface area contributed by atoms with Crippen molar-refractivity contribution in [1.29, 1.82) is 0 Å². The van der Waals surface area contributed by atoms with E-state index in [0.717, 1.165) is 75.6 Å². The highest BCUT2D eigenvalue weighted by atomic mass is 32.1. The Hall–Kier alpha value is -3.16. The highest BCUT2D eigenvalue weighted by Gasteiger charge is 2.53. The number of aliphatic hydroxyl groups is 1. The quantitative estimate of drug-likeness (QED) is 0.235. The van der Waals surface area contributed by atoms with Crippen LogP contribution in [0.2, 0.25) is 0 Å². The van der Waals surface area contributed by atoms with E-state index in [1.165, 1.54) is 11.3 Å². The lowest BCUT2D eigenvalue weighted by Gasteiger charge is -2.52. The second-order valence-electron chi connectivity index (χ2n) is 11.5. The summed E-state index contributed by atoms with van der Waals surface area (Å²) < 4.78 is 44.5. The van der Waals surface area contributed by atoms with Crippen molar-refractivity contribution in [2.45, 2.75) is 62.8 Å². The third-order valence-corrected chi connectivity index (χ3v) is 9.87. The minimum absolute atomic E-state index is 0.0756. The largest absolute Gasteiger partial charge is 0.542 e. The number of halogens is 3. The maximum atomic E-state index is 13.6. The van der Waals surface area contributed by atoms with Gasteiger partial charge >= 0.3 is 12.1 Å². The molecule has 2 aromatic rings. The van der Waals surface area contributed by atoms with E-state index in [9.17, 15) is 27.9 Å². The van der Waals surface area contributed by atoms with Crippen LogP contribution >= 0.6 is 11.3 Å². The Labute approximate surface area is 252 Å². The van der Waals surface area contributed by atoms with Gasteiger partial charge in [-0.2, -0.15) is 13.2 Å². The molecule has 4 aliphatic rings. The highest BCUT2D eigenvalue weighted by molar-refractivity contribution is 7.10. The number of hydrogen-bond donors (Lipinski definition) is 2. The van der Waals surface area contributed by atoms with E-state index in [2.05, 4.69) is 0 Å². The number of alkyl halides is 3. The molecule has 0 spiro atoms. The van der Waals surface area contributed by atoms with Gasteiger partial charge in [-0.1, -0.05) is 31.0 Å². The fourth-order valence-corrected chi connectivity index (χ4v) is 7.47. The number of carboxylic acid groups (broad SMARTS) is 1. The van der Waals surface area contributed by atoms with E-state index in [4.69, 9.17) is 25.1 Å². The normalized spacial score (nSPS) is 24.8. The zero-order valence-corrected chi connectivity index (χ0v) is 24.5. The lowest BCUT2D eigenvalue weighted by atomic mass is 9.82. The number of piperidine rings is 3. The van der Waals surface area contributed by atoms with Crippen molar-refractivity contribution in [3.8, 4) is 5.75 Å². The molecule has 1 amide bonds. The van der Waals surface area contributed by atoms with Crippen LogP contribution in [0.15, 0.2) is 41.8 Å². The van der Waals surface area contributed by atoms with Crippen molar-refractivity contribution in [1.82, 2.24) is 0 Å². The third kappa shape index (κ3) is 7.68. The summed E-state index contributed by atoms with van der Waals surface area (Å²) in [6.07, 6.45) is 1.35. The second kappa shape index (κ2) is 13.6. The monoisotopic (exact) mass is 626 g/mol. The van der Waals surface area contributed by atoms with Crippen LogP contribution in [0.5, 0.6) is 5.75 Å². The van der Waals surface area contributed by atoms with Gasteiger partial charge in [0.25, 0.3) is 5.91 Å². The molecule has 1 aliphatic carbocycles. The summed E-state index contributed by atoms with van der Waals surface area (Å²) in [6.45, 7) is 4.37. The zero-order valence-electron chi connectivity index (χ0n) is 23.7. The van der Waals surface area contributed by atoms with Gasteiger partial charge in [0, 0.05) is 36.0 Å². The molecule has 236 valence electrons. The Balaban J connectivity index is 0.000000541. The number of carboxylic acids is 1. The molecule has 1 aromatic carbocycles. The van der Waals surface area contributed by atoms with Crippen molar-refractivity contribution in [2.24, 2.45) is 17.6 Å². The molecule has 2 atom stereocenters. The number of amides is 1. The number of thiophene rings is 1. The van der Waals surface area contributed by atoms with E-state index in [1.54, 1.807) is 18.2 Å². The number of carbonyl (C=O) groups is 3. The van der Waals surface area contributed by atoms with Gasteiger partial charge in [-0.15, -0.1) is 11.3 Å². The Morgan fingerprint density at radius 2 is 1.70 bits per heavy atom. The minimum atomic E-state index is -5.19. The summed E-state index contributed by atoms with van der Waals surface area (Å²) in [5, 5.41) is 22.4. The molecule has 2 bridgehead atoms. The fraction of sp³-hybridized carbons (Fsp3) is 0.567. The average Bonchev–Trinajstić information content (AvgIpc) is 3.71. The number of quaternary nitrogens is 1. The third-order valence-electron chi connectivity index (χ3n) is 8.87. The molecule has 1 aromatic heterocycles. The smallest absolute Gasteiger partial charge is 0.430 e. The van der Waals surface area contributed by atoms with Crippen molar-refractivity contribution >= 4 is 29.2 Å². The molecule has 4 fully saturated rings. The number of para-hydroxylation sites is 1. The molecule has 4 heterocycles. The van der Waals surface area contributed by atoms with E-state index in [0.29, 0.717) is 28.7 Å². The molecule has 3 N–H and O–H groups in total. The lowest BCUT2D eigenvalue weighted by molar-refractivity contribution is -0.946. The van der Waals surface area contributed by atoms with E-state index in [-0.39, 0.29) is 12.0 Å². The molecule has 3 aliphatic heterocycles. The Kier molecular flexibility index (Phi) is 10.4. The SMILES string of the molecule is NC(=O)c1ccccc1OCCC[N+]12CCC(CC1)[C@@H](OC(=O)[C@](O)(c1cccs1)C1CCCC1)C2.O=C([O-])C(F)(F)F. The molecule has 0 unspecified atom stereocenters. The average molecular weight is 627 g/mol. The van der Waals surface area contributed by atoms with Gasteiger partial charge in [0.2, 0.25) is 0 Å².